The number of fused-ring (bicyclic) bond motifs is 4. The Hall–Kier alpha value is -3.87. The number of benzene rings is 2. The van der Waals surface area contributed by atoms with E-state index in [0.29, 0.717) is 11.4 Å². The predicted octanol–water partition coefficient (Wildman–Crippen LogP) is 4.22. The van der Waals surface area contributed by atoms with Crippen LogP contribution in [0.4, 0.5) is 5.69 Å². The number of nitrogens with one attached hydrogen (secondary N) is 1. The third-order valence-corrected chi connectivity index (χ3v) is 5.52. The number of furan rings is 1. The van der Waals surface area contributed by atoms with Crippen LogP contribution in [0.5, 0.6) is 0 Å². The minimum absolute atomic E-state index is 0.169. The number of aromatic nitrogens is 3. The lowest BCUT2D eigenvalue weighted by Crippen LogP contribution is -2.20. The number of nitrogens with zero attached hydrogens (tertiary/aromatic N) is 3. The molecule has 7 heteroatoms. The van der Waals surface area contributed by atoms with Crippen LogP contribution < -0.4 is 10.9 Å². The Balaban J connectivity index is 1.62. The van der Waals surface area contributed by atoms with Crippen LogP contribution >= 0.6 is 0 Å². The summed E-state index contributed by atoms with van der Waals surface area (Å²) in [6.45, 7) is 4.63. The number of amides is 1. The molecule has 0 atom stereocenters. The van der Waals surface area contributed by atoms with Gasteiger partial charge in [-0.3, -0.25) is 9.59 Å². The van der Waals surface area contributed by atoms with Crippen molar-refractivity contribution in [2.45, 2.75) is 20.4 Å². The normalized spacial score (nSPS) is 11.6. The number of anilines is 1. The zero-order chi connectivity index (χ0) is 21.0. The molecule has 150 valence electrons. The molecule has 0 aliphatic rings. The van der Waals surface area contributed by atoms with Crippen LogP contribution in [-0.4, -0.2) is 20.0 Å². The first-order valence-electron chi connectivity index (χ1n) is 9.76. The Bertz CT molecular complexity index is 1520. The highest BCUT2D eigenvalue weighted by Crippen LogP contribution is 2.31. The van der Waals surface area contributed by atoms with E-state index in [2.05, 4.69) is 33.9 Å². The molecule has 0 bridgehead atoms. The zero-order valence-corrected chi connectivity index (χ0v) is 16.9. The van der Waals surface area contributed by atoms with E-state index >= 15 is 0 Å². The summed E-state index contributed by atoms with van der Waals surface area (Å²) < 4.78 is 9.13. The smallest absolute Gasteiger partial charge is 0.265 e. The Morgan fingerprint density at radius 1 is 1.13 bits per heavy atom. The van der Waals surface area contributed by atoms with Gasteiger partial charge in [0.1, 0.15) is 17.5 Å². The Labute approximate surface area is 171 Å². The van der Waals surface area contributed by atoms with Crippen LogP contribution in [0.15, 0.2) is 58.0 Å². The topological polar surface area (TPSA) is 82.1 Å². The lowest BCUT2D eigenvalue weighted by atomic mass is 10.1. The Morgan fingerprint density at radius 3 is 2.70 bits per heavy atom. The molecule has 3 heterocycles. The van der Waals surface area contributed by atoms with Crippen molar-refractivity contribution in [3.8, 4) is 0 Å². The van der Waals surface area contributed by atoms with E-state index in [1.54, 1.807) is 14.0 Å². The van der Waals surface area contributed by atoms with Gasteiger partial charge in [-0.25, -0.2) is 4.98 Å². The fourth-order valence-electron chi connectivity index (χ4n) is 4.13. The van der Waals surface area contributed by atoms with Gasteiger partial charge in [0, 0.05) is 41.1 Å². The van der Waals surface area contributed by atoms with E-state index in [1.165, 1.54) is 10.9 Å². The van der Waals surface area contributed by atoms with Crippen molar-refractivity contribution in [1.29, 1.82) is 0 Å². The number of hydrogen-bond acceptors (Lipinski definition) is 4. The molecule has 30 heavy (non-hydrogen) atoms. The molecule has 0 radical (unpaired) electrons. The van der Waals surface area contributed by atoms with Gasteiger partial charge in [0.05, 0.1) is 5.56 Å². The van der Waals surface area contributed by atoms with Gasteiger partial charge in [-0.15, -0.1) is 0 Å². The van der Waals surface area contributed by atoms with E-state index in [-0.39, 0.29) is 22.2 Å². The molecule has 5 aromatic rings. The predicted molar refractivity (Wildman–Crippen MR) is 117 cm³/mol. The summed E-state index contributed by atoms with van der Waals surface area (Å²) in [5.41, 5.74) is 2.99. The second kappa shape index (κ2) is 6.59. The summed E-state index contributed by atoms with van der Waals surface area (Å²) in [6, 6.07) is 14.1. The molecule has 0 aliphatic heterocycles. The Morgan fingerprint density at radius 2 is 1.90 bits per heavy atom. The lowest BCUT2D eigenvalue weighted by molar-refractivity contribution is 0.102. The van der Waals surface area contributed by atoms with Gasteiger partial charge in [-0.2, -0.15) is 0 Å². The highest BCUT2D eigenvalue weighted by molar-refractivity contribution is 6.14. The maximum Gasteiger partial charge on any atom is 0.265 e. The number of rotatable bonds is 3. The van der Waals surface area contributed by atoms with Crippen molar-refractivity contribution in [1.82, 2.24) is 14.1 Å². The third kappa shape index (κ3) is 2.55. The van der Waals surface area contributed by atoms with Crippen molar-refractivity contribution in [3.63, 3.8) is 0 Å². The average Bonchev–Trinajstić information content (AvgIpc) is 3.25. The molecule has 0 aliphatic carbocycles. The molecule has 1 N–H and O–H groups in total. The van der Waals surface area contributed by atoms with Gasteiger partial charge in [0.25, 0.3) is 11.5 Å². The van der Waals surface area contributed by atoms with Crippen molar-refractivity contribution in [3.05, 3.63) is 70.5 Å². The molecular weight excluding hydrogens is 380 g/mol. The molecular formula is C23H20N4O3. The fourth-order valence-corrected chi connectivity index (χ4v) is 4.13. The molecule has 7 nitrogen and oxygen atoms in total. The molecule has 3 aromatic heterocycles. The second-order valence-corrected chi connectivity index (χ2v) is 7.32. The van der Waals surface area contributed by atoms with Gasteiger partial charge in [-0.05, 0) is 38.1 Å². The summed E-state index contributed by atoms with van der Waals surface area (Å²) in [4.78, 5) is 29.8. The lowest BCUT2D eigenvalue weighted by Gasteiger charge is -2.07. The van der Waals surface area contributed by atoms with Gasteiger partial charge in [-0.1, -0.05) is 18.2 Å². The van der Waals surface area contributed by atoms with Crippen LogP contribution in [-0.2, 0) is 13.6 Å². The van der Waals surface area contributed by atoms with Gasteiger partial charge in [0.2, 0.25) is 5.71 Å². The first kappa shape index (κ1) is 18.2. The third-order valence-electron chi connectivity index (χ3n) is 5.52. The minimum Gasteiger partial charge on any atom is -0.442 e. The summed E-state index contributed by atoms with van der Waals surface area (Å²) in [7, 11) is 1.59. The van der Waals surface area contributed by atoms with E-state index in [9.17, 15) is 9.59 Å². The Kier molecular flexibility index (Phi) is 3.99. The van der Waals surface area contributed by atoms with Crippen molar-refractivity contribution in [2.24, 2.45) is 7.05 Å². The first-order valence-corrected chi connectivity index (χ1v) is 9.76. The quantitative estimate of drug-likeness (QED) is 0.492. The molecule has 0 spiro atoms. The van der Waals surface area contributed by atoms with Crippen LogP contribution in [0.25, 0.3) is 32.9 Å². The van der Waals surface area contributed by atoms with Crippen LogP contribution in [0.1, 0.15) is 23.0 Å². The molecule has 2 aromatic carbocycles. The molecule has 5 rings (SSSR count). The summed E-state index contributed by atoms with van der Waals surface area (Å²) in [5, 5.41) is 5.32. The summed E-state index contributed by atoms with van der Waals surface area (Å²) in [6.07, 6.45) is 1.38. The van der Waals surface area contributed by atoms with Crippen LogP contribution in [0.2, 0.25) is 0 Å². The zero-order valence-electron chi connectivity index (χ0n) is 16.9. The second-order valence-electron chi connectivity index (χ2n) is 7.32. The highest BCUT2D eigenvalue weighted by Gasteiger charge is 2.23. The monoisotopic (exact) mass is 400 g/mol. The maximum atomic E-state index is 13.1. The van der Waals surface area contributed by atoms with E-state index < -0.39 is 5.91 Å². The highest BCUT2D eigenvalue weighted by atomic mass is 16.3. The number of carbonyl (C=O) groups is 1. The van der Waals surface area contributed by atoms with E-state index in [1.807, 2.05) is 30.3 Å². The molecule has 0 saturated carbocycles. The number of para-hydroxylation sites is 1. The molecule has 0 fully saturated rings. The SMILES string of the molecule is CCn1c2ccccc2c2cc(NC(=O)c3c(C)oc4ncn(C)c(=O)c34)ccc21. The standard InChI is InChI=1S/C23H20N4O3/c1-4-27-17-8-6-5-7-15(17)16-11-14(9-10-18(16)27)25-21(28)19-13(2)30-22-20(19)23(29)26(3)12-24-22/h5-12H,4H2,1-3H3,(H,25,28). The number of aryl methyl sites for hydroxylation is 3. The minimum atomic E-state index is -0.394. The van der Waals surface area contributed by atoms with Crippen LogP contribution in [0, 0.1) is 6.92 Å². The molecule has 0 saturated heterocycles. The maximum absolute atomic E-state index is 13.1. The van der Waals surface area contributed by atoms with Gasteiger partial charge in [0.15, 0.2) is 0 Å². The summed E-state index contributed by atoms with van der Waals surface area (Å²) >= 11 is 0. The molecule has 1 amide bonds. The van der Waals surface area contributed by atoms with E-state index in [0.717, 1.165) is 28.4 Å². The van der Waals surface area contributed by atoms with Crippen molar-refractivity contribution < 1.29 is 9.21 Å². The van der Waals surface area contributed by atoms with E-state index in [4.69, 9.17) is 4.42 Å². The summed E-state index contributed by atoms with van der Waals surface area (Å²) in [5.74, 6) is -0.0307. The van der Waals surface area contributed by atoms with Gasteiger partial charge < -0.3 is 18.9 Å². The van der Waals surface area contributed by atoms with Gasteiger partial charge >= 0.3 is 0 Å². The first-order chi connectivity index (χ1) is 14.5. The number of hydrogen-bond donors (Lipinski definition) is 1. The fraction of sp³-hybridized carbons (Fsp3) is 0.174. The molecule has 0 unspecified atom stereocenters. The van der Waals surface area contributed by atoms with Crippen molar-refractivity contribution >= 4 is 44.5 Å². The van der Waals surface area contributed by atoms with Crippen molar-refractivity contribution in [2.75, 3.05) is 5.32 Å². The average molecular weight is 400 g/mol. The largest absolute Gasteiger partial charge is 0.442 e. The number of carbonyl (C=O) groups excluding carboxylic acids is 1. The van der Waals surface area contributed by atoms with Crippen LogP contribution in [0.3, 0.4) is 0 Å².